The number of nitrogens with one attached hydrogen (secondary N) is 1. The number of carboxylic acids is 1. The largest absolute Gasteiger partial charge is 0.507 e. The summed E-state index contributed by atoms with van der Waals surface area (Å²) in [6.07, 6.45) is 1.92. The second-order valence-electron chi connectivity index (χ2n) is 5.77. The summed E-state index contributed by atoms with van der Waals surface area (Å²) < 4.78 is 0.354. The van der Waals surface area contributed by atoms with Gasteiger partial charge < -0.3 is 15.5 Å². The van der Waals surface area contributed by atoms with Crippen LogP contribution in [0.4, 0.5) is 0 Å². The van der Waals surface area contributed by atoms with E-state index in [4.69, 9.17) is 28.9 Å². The summed E-state index contributed by atoms with van der Waals surface area (Å²) in [6, 6.07) is 3.54. The van der Waals surface area contributed by atoms with E-state index < -0.39 is 17.9 Å². The molecule has 144 valence electrons. The smallest absolute Gasteiger partial charge is 0.325 e. The Labute approximate surface area is 170 Å². The van der Waals surface area contributed by atoms with Crippen molar-refractivity contribution in [1.82, 2.24) is 10.2 Å². The number of nitrogens with zero attached hydrogens (tertiary/aromatic N) is 1. The first-order valence-corrected chi connectivity index (χ1v) is 9.55. The average molecular weight is 429 g/mol. The number of aromatic hydroxyl groups is 1. The van der Waals surface area contributed by atoms with Crippen molar-refractivity contribution in [3.63, 3.8) is 0 Å². The van der Waals surface area contributed by atoms with Crippen molar-refractivity contribution in [3.05, 3.63) is 33.7 Å². The van der Waals surface area contributed by atoms with E-state index in [9.17, 15) is 19.5 Å². The van der Waals surface area contributed by atoms with Gasteiger partial charge in [0, 0.05) is 23.6 Å². The summed E-state index contributed by atoms with van der Waals surface area (Å²) in [6.45, 7) is 1.61. The van der Waals surface area contributed by atoms with Gasteiger partial charge in [-0.15, -0.1) is 0 Å². The Bertz CT molecular complexity index is 828. The zero-order valence-corrected chi connectivity index (χ0v) is 16.7. The summed E-state index contributed by atoms with van der Waals surface area (Å²) in [5, 5.41) is 21.4. The van der Waals surface area contributed by atoms with Gasteiger partial charge in [0.15, 0.2) is 0 Å². The standard InChI is InChI=1S/C17H17ClN2O5S2/c1-9(16(24)25)19-14(22)3-2-6-20-15(23)13(27-17(20)26)8-10-7-11(18)4-5-12(10)21/h4-5,7-9,21H,2-3,6H2,1H3,(H,19,22)(H,24,25)/b13-8-. The molecule has 2 amide bonds. The minimum Gasteiger partial charge on any atom is -0.507 e. The van der Waals surface area contributed by atoms with E-state index in [1.54, 1.807) is 0 Å². The highest BCUT2D eigenvalue weighted by Gasteiger charge is 2.31. The van der Waals surface area contributed by atoms with E-state index in [1.165, 1.54) is 36.1 Å². The van der Waals surface area contributed by atoms with Crippen molar-refractivity contribution in [3.8, 4) is 5.75 Å². The number of thioether (sulfide) groups is 1. The van der Waals surface area contributed by atoms with Crippen LogP contribution in [0.5, 0.6) is 5.75 Å². The molecule has 1 unspecified atom stereocenters. The molecule has 1 fully saturated rings. The summed E-state index contributed by atoms with van der Waals surface area (Å²) in [4.78, 5) is 36.7. The SMILES string of the molecule is CC(NC(=O)CCCN1C(=O)/C(=C/c2cc(Cl)ccc2O)SC1=S)C(=O)O. The van der Waals surface area contributed by atoms with Crippen molar-refractivity contribution in [2.45, 2.75) is 25.8 Å². The molecule has 7 nitrogen and oxygen atoms in total. The van der Waals surface area contributed by atoms with Gasteiger partial charge in [0.05, 0.1) is 4.91 Å². The second kappa shape index (κ2) is 9.20. The number of phenolic OH excluding ortho intramolecular Hbond substituents is 1. The second-order valence-corrected chi connectivity index (χ2v) is 7.88. The number of amides is 2. The lowest BCUT2D eigenvalue weighted by molar-refractivity contribution is -0.141. The monoisotopic (exact) mass is 428 g/mol. The lowest BCUT2D eigenvalue weighted by Crippen LogP contribution is -2.38. The number of hydrogen-bond acceptors (Lipinski definition) is 6. The molecule has 0 aromatic heterocycles. The quantitative estimate of drug-likeness (QED) is 0.452. The van der Waals surface area contributed by atoms with Crippen LogP contribution in [0, 0.1) is 0 Å². The first-order valence-electron chi connectivity index (χ1n) is 7.95. The van der Waals surface area contributed by atoms with Crippen LogP contribution < -0.4 is 5.32 Å². The summed E-state index contributed by atoms with van der Waals surface area (Å²) in [5.41, 5.74) is 0.407. The molecule has 10 heteroatoms. The number of halogens is 1. The fourth-order valence-corrected chi connectivity index (χ4v) is 3.73. The number of carbonyl (C=O) groups is 3. The molecule has 1 aromatic rings. The number of carbonyl (C=O) groups excluding carboxylic acids is 2. The molecule has 1 aromatic carbocycles. The number of phenols is 1. The van der Waals surface area contributed by atoms with Gasteiger partial charge in [0.25, 0.3) is 5.91 Å². The van der Waals surface area contributed by atoms with Gasteiger partial charge in [-0.3, -0.25) is 19.3 Å². The van der Waals surface area contributed by atoms with Crippen molar-refractivity contribution < 1.29 is 24.6 Å². The molecular formula is C17H17ClN2O5S2. The number of thiocarbonyl (C=S) groups is 1. The number of hydrogen-bond donors (Lipinski definition) is 3. The predicted molar refractivity (Wildman–Crippen MR) is 107 cm³/mol. The lowest BCUT2D eigenvalue weighted by atomic mass is 10.2. The van der Waals surface area contributed by atoms with E-state index in [1.807, 2.05) is 0 Å². The maximum atomic E-state index is 12.5. The minimum absolute atomic E-state index is 0.00566. The van der Waals surface area contributed by atoms with Gasteiger partial charge in [-0.25, -0.2) is 0 Å². The maximum Gasteiger partial charge on any atom is 0.325 e. The Morgan fingerprint density at radius 2 is 2.15 bits per heavy atom. The van der Waals surface area contributed by atoms with Crippen LogP contribution >= 0.6 is 35.6 Å². The van der Waals surface area contributed by atoms with Crippen LogP contribution in [0.25, 0.3) is 6.08 Å². The Hall–Kier alpha value is -2.10. The maximum absolute atomic E-state index is 12.5. The van der Waals surface area contributed by atoms with Crippen LogP contribution in [-0.2, 0) is 14.4 Å². The van der Waals surface area contributed by atoms with Gasteiger partial charge in [-0.1, -0.05) is 35.6 Å². The highest BCUT2D eigenvalue weighted by molar-refractivity contribution is 8.26. The van der Waals surface area contributed by atoms with Gasteiger partial charge >= 0.3 is 5.97 Å². The van der Waals surface area contributed by atoms with Crippen LogP contribution in [0.3, 0.4) is 0 Å². The number of rotatable bonds is 7. The molecule has 3 N–H and O–H groups in total. The van der Waals surface area contributed by atoms with Gasteiger partial charge in [0.2, 0.25) is 5.91 Å². The minimum atomic E-state index is -1.12. The third-order valence-corrected chi connectivity index (χ3v) is 5.30. The van der Waals surface area contributed by atoms with Crippen molar-refractivity contribution in [2.75, 3.05) is 6.54 Å². The average Bonchev–Trinajstić information content (AvgIpc) is 2.85. The Morgan fingerprint density at radius 1 is 1.44 bits per heavy atom. The summed E-state index contributed by atoms with van der Waals surface area (Å²) in [7, 11) is 0. The van der Waals surface area contributed by atoms with E-state index >= 15 is 0 Å². The van der Waals surface area contributed by atoms with Crippen LogP contribution in [-0.4, -0.2) is 49.8 Å². The molecule has 27 heavy (non-hydrogen) atoms. The van der Waals surface area contributed by atoms with Crippen LogP contribution in [0.15, 0.2) is 23.1 Å². The molecular weight excluding hydrogens is 412 g/mol. The molecule has 0 radical (unpaired) electrons. The number of aliphatic carboxylic acids is 1. The van der Waals surface area contributed by atoms with Gasteiger partial charge in [0.1, 0.15) is 16.1 Å². The zero-order chi connectivity index (χ0) is 20.1. The number of carboxylic acid groups (broad SMARTS) is 1. The first kappa shape index (κ1) is 21.2. The molecule has 1 saturated heterocycles. The first-order chi connectivity index (χ1) is 12.7. The van der Waals surface area contributed by atoms with Crippen molar-refractivity contribution in [1.29, 1.82) is 0 Å². The zero-order valence-electron chi connectivity index (χ0n) is 14.3. The van der Waals surface area contributed by atoms with Gasteiger partial charge in [-0.2, -0.15) is 0 Å². The third kappa shape index (κ3) is 5.69. The highest BCUT2D eigenvalue weighted by Crippen LogP contribution is 2.34. The van der Waals surface area contributed by atoms with E-state index in [0.717, 1.165) is 11.8 Å². The molecule has 0 spiro atoms. The Kier molecular flexibility index (Phi) is 7.23. The van der Waals surface area contributed by atoms with E-state index in [0.29, 0.717) is 26.2 Å². The van der Waals surface area contributed by atoms with E-state index in [-0.39, 0.29) is 24.6 Å². The van der Waals surface area contributed by atoms with Crippen LogP contribution in [0.1, 0.15) is 25.3 Å². The number of benzene rings is 1. The van der Waals surface area contributed by atoms with Crippen LogP contribution in [0.2, 0.25) is 5.02 Å². The molecule has 0 bridgehead atoms. The Morgan fingerprint density at radius 3 is 2.81 bits per heavy atom. The molecule has 1 aliphatic heterocycles. The highest BCUT2D eigenvalue weighted by atomic mass is 35.5. The molecule has 0 aliphatic carbocycles. The topological polar surface area (TPSA) is 107 Å². The summed E-state index contributed by atoms with van der Waals surface area (Å²) >= 11 is 12.2. The molecule has 0 saturated carbocycles. The third-order valence-electron chi connectivity index (χ3n) is 3.68. The fraction of sp³-hybridized carbons (Fsp3) is 0.294. The molecule has 1 atom stereocenters. The molecule has 1 heterocycles. The lowest BCUT2D eigenvalue weighted by Gasteiger charge is -2.14. The molecule has 2 rings (SSSR count). The molecule has 1 aliphatic rings. The van der Waals surface area contributed by atoms with Gasteiger partial charge in [-0.05, 0) is 37.6 Å². The van der Waals surface area contributed by atoms with E-state index in [2.05, 4.69) is 5.32 Å². The predicted octanol–water partition coefficient (Wildman–Crippen LogP) is 2.62. The normalized spacial score (nSPS) is 16.7. The Balaban J connectivity index is 1.96. The fourth-order valence-electron chi connectivity index (χ4n) is 2.25. The van der Waals surface area contributed by atoms with Crippen molar-refractivity contribution in [2.24, 2.45) is 0 Å². The summed E-state index contributed by atoms with van der Waals surface area (Å²) in [5.74, 6) is -1.85. The van der Waals surface area contributed by atoms with Crippen molar-refractivity contribution >= 4 is 63.8 Å².